The zero-order chi connectivity index (χ0) is 20.8. The Bertz CT molecular complexity index is 901. The number of halogens is 1. The smallest absolute Gasteiger partial charge is 0.222 e. The molecule has 158 valence electrons. The van der Waals surface area contributed by atoms with Gasteiger partial charge in [0.15, 0.2) is 5.82 Å². The van der Waals surface area contributed by atoms with Gasteiger partial charge in [0.05, 0.1) is 18.5 Å². The second-order valence-electron chi connectivity index (χ2n) is 8.55. The number of likely N-dealkylation sites (tertiary alicyclic amines) is 1. The van der Waals surface area contributed by atoms with E-state index in [0.29, 0.717) is 29.0 Å². The Morgan fingerprint density at radius 2 is 2.07 bits per heavy atom. The van der Waals surface area contributed by atoms with E-state index in [9.17, 15) is 5.11 Å². The molecule has 2 fully saturated rings. The summed E-state index contributed by atoms with van der Waals surface area (Å²) in [5.74, 6) is 1.27. The molecule has 0 spiro atoms. The van der Waals surface area contributed by atoms with Crippen LogP contribution in [0.15, 0.2) is 6.20 Å². The molecule has 9 heteroatoms. The normalized spacial score (nSPS) is 24.4. The van der Waals surface area contributed by atoms with Crippen LogP contribution in [0, 0.1) is 25.2 Å². The highest BCUT2D eigenvalue weighted by Gasteiger charge is 2.52. The molecule has 29 heavy (non-hydrogen) atoms. The summed E-state index contributed by atoms with van der Waals surface area (Å²) in [5.41, 5.74) is 8.87. The molecule has 0 saturated carbocycles. The van der Waals surface area contributed by atoms with Crippen LogP contribution in [0.25, 0.3) is 0 Å². The van der Waals surface area contributed by atoms with Gasteiger partial charge in [-0.2, -0.15) is 10.1 Å². The van der Waals surface area contributed by atoms with Gasteiger partial charge in [-0.15, -0.1) is 0 Å². The van der Waals surface area contributed by atoms with Gasteiger partial charge in [-0.05, 0) is 26.2 Å². The first kappa shape index (κ1) is 20.4. The number of anilines is 2. The van der Waals surface area contributed by atoms with Crippen LogP contribution in [0.3, 0.4) is 0 Å². The van der Waals surface area contributed by atoms with Gasteiger partial charge in [0.2, 0.25) is 5.95 Å². The maximum atomic E-state index is 10.3. The maximum absolute atomic E-state index is 10.3. The first-order valence-electron chi connectivity index (χ1n) is 10.3. The van der Waals surface area contributed by atoms with Gasteiger partial charge in [0.25, 0.3) is 0 Å². The highest BCUT2D eigenvalue weighted by molar-refractivity contribution is 6.33. The molecular weight excluding hydrogens is 390 g/mol. The number of nitrogens with zero attached hydrogens (tertiary/aromatic N) is 6. The number of aliphatic hydroxyl groups is 1. The number of fused-ring (bicyclic) bond motifs is 1. The average molecular weight is 420 g/mol. The molecule has 2 unspecified atom stereocenters. The molecule has 2 aliphatic rings. The molecule has 2 aromatic heterocycles. The number of nitrogens with two attached hydrogens (primary N) is 1. The number of aliphatic hydroxyl groups excluding tert-OH is 1. The van der Waals surface area contributed by atoms with Crippen molar-refractivity contribution < 1.29 is 5.11 Å². The zero-order valence-electron chi connectivity index (χ0n) is 17.4. The SMILES string of the molecule is CCCn1ncc(CN2CC3CN(c4nc(N)nc(C)c4Cl)CC3(CO)C2)c1C. The highest BCUT2D eigenvalue weighted by Crippen LogP contribution is 2.45. The van der Waals surface area contributed by atoms with Gasteiger partial charge in [-0.25, -0.2) is 4.98 Å². The fourth-order valence-electron chi connectivity index (χ4n) is 4.89. The molecule has 0 radical (unpaired) electrons. The standard InChI is InChI=1S/C20H30ClN7O/c1-4-5-28-14(3)15(6-23-28)7-26-8-16-9-27(11-20(16,10-26)12-29)18-17(21)13(2)24-19(22)25-18/h6,16,29H,4-5,7-12H2,1-3H3,(H2,22,24,25). The van der Waals surface area contributed by atoms with Crippen LogP contribution in [0.1, 0.15) is 30.3 Å². The van der Waals surface area contributed by atoms with Crippen molar-refractivity contribution in [3.63, 3.8) is 0 Å². The lowest BCUT2D eigenvalue weighted by molar-refractivity contribution is 0.125. The first-order chi connectivity index (χ1) is 13.9. The summed E-state index contributed by atoms with van der Waals surface area (Å²) in [5, 5.41) is 15.4. The summed E-state index contributed by atoms with van der Waals surface area (Å²) in [6, 6.07) is 0. The average Bonchev–Trinajstić information content (AvgIpc) is 3.31. The van der Waals surface area contributed by atoms with E-state index in [0.717, 1.165) is 39.1 Å². The Labute approximate surface area is 176 Å². The van der Waals surface area contributed by atoms with Gasteiger partial charge in [-0.1, -0.05) is 18.5 Å². The summed E-state index contributed by atoms with van der Waals surface area (Å²) in [4.78, 5) is 13.1. The summed E-state index contributed by atoms with van der Waals surface area (Å²) >= 11 is 6.47. The van der Waals surface area contributed by atoms with Crippen molar-refractivity contribution in [3.05, 3.63) is 28.2 Å². The minimum atomic E-state index is -0.176. The van der Waals surface area contributed by atoms with Crippen molar-refractivity contribution >= 4 is 23.4 Å². The first-order valence-corrected chi connectivity index (χ1v) is 10.6. The van der Waals surface area contributed by atoms with E-state index in [1.165, 1.54) is 11.3 Å². The fraction of sp³-hybridized carbons (Fsp3) is 0.650. The second-order valence-corrected chi connectivity index (χ2v) is 8.93. The molecule has 2 atom stereocenters. The van der Waals surface area contributed by atoms with Crippen LogP contribution in [-0.4, -0.2) is 62.5 Å². The molecular formula is C20H30ClN7O. The molecule has 0 bridgehead atoms. The van der Waals surface area contributed by atoms with Crippen molar-refractivity contribution in [1.82, 2.24) is 24.6 Å². The lowest BCUT2D eigenvalue weighted by atomic mass is 9.82. The molecule has 2 aliphatic heterocycles. The lowest BCUT2D eigenvalue weighted by Crippen LogP contribution is -2.37. The molecule has 0 aliphatic carbocycles. The molecule has 2 aromatic rings. The quantitative estimate of drug-likeness (QED) is 0.737. The van der Waals surface area contributed by atoms with E-state index < -0.39 is 0 Å². The van der Waals surface area contributed by atoms with E-state index in [4.69, 9.17) is 17.3 Å². The third-order valence-electron chi connectivity index (χ3n) is 6.49. The van der Waals surface area contributed by atoms with Crippen molar-refractivity contribution in [1.29, 1.82) is 0 Å². The molecule has 2 saturated heterocycles. The van der Waals surface area contributed by atoms with E-state index in [2.05, 4.69) is 43.4 Å². The minimum absolute atomic E-state index is 0.149. The van der Waals surface area contributed by atoms with Crippen molar-refractivity contribution in [3.8, 4) is 0 Å². The predicted octanol–water partition coefficient (Wildman–Crippen LogP) is 1.87. The maximum Gasteiger partial charge on any atom is 0.222 e. The Hall–Kier alpha value is -1.90. The predicted molar refractivity (Wildman–Crippen MR) is 114 cm³/mol. The van der Waals surface area contributed by atoms with Crippen LogP contribution < -0.4 is 10.6 Å². The summed E-state index contributed by atoms with van der Waals surface area (Å²) in [6.07, 6.45) is 3.07. The number of rotatable bonds is 6. The topological polar surface area (TPSA) is 96.3 Å². The van der Waals surface area contributed by atoms with Crippen molar-refractivity contribution in [2.24, 2.45) is 11.3 Å². The number of hydrogen-bond donors (Lipinski definition) is 2. The van der Waals surface area contributed by atoms with E-state index >= 15 is 0 Å². The molecule has 8 nitrogen and oxygen atoms in total. The summed E-state index contributed by atoms with van der Waals surface area (Å²) in [7, 11) is 0. The number of nitrogen functional groups attached to an aromatic ring is 1. The Kier molecular flexibility index (Phi) is 5.44. The third kappa shape index (κ3) is 3.58. The van der Waals surface area contributed by atoms with Gasteiger partial charge < -0.3 is 15.7 Å². The highest BCUT2D eigenvalue weighted by atomic mass is 35.5. The van der Waals surface area contributed by atoms with Gasteiger partial charge in [0, 0.05) is 55.9 Å². The number of aryl methyl sites for hydroxylation is 2. The van der Waals surface area contributed by atoms with Gasteiger partial charge in [0.1, 0.15) is 5.02 Å². The van der Waals surface area contributed by atoms with Crippen LogP contribution in [0.2, 0.25) is 5.02 Å². The van der Waals surface area contributed by atoms with Crippen LogP contribution >= 0.6 is 11.6 Å². The molecule has 0 amide bonds. The third-order valence-corrected chi connectivity index (χ3v) is 6.94. The van der Waals surface area contributed by atoms with Gasteiger partial charge in [-0.3, -0.25) is 9.58 Å². The minimum Gasteiger partial charge on any atom is -0.396 e. The largest absolute Gasteiger partial charge is 0.396 e. The zero-order valence-corrected chi connectivity index (χ0v) is 18.2. The lowest BCUT2D eigenvalue weighted by Gasteiger charge is -2.28. The fourth-order valence-corrected chi connectivity index (χ4v) is 5.09. The van der Waals surface area contributed by atoms with E-state index in [1.54, 1.807) is 0 Å². The Balaban J connectivity index is 1.49. The van der Waals surface area contributed by atoms with Gasteiger partial charge >= 0.3 is 0 Å². The summed E-state index contributed by atoms with van der Waals surface area (Å²) < 4.78 is 2.08. The monoisotopic (exact) mass is 419 g/mol. The Morgan fingerprint density at radius 3 is 2.76 bits per heavy atom. The Morgan fingerprint density at radius 1 is 1.28 bits per heavy atom. The van der Waals surface area contributed by atoms with E-state index in [-0.39, 0.29) is 18.0 Å². The molecule has 0 aromatic carbocycles. The van der Waals surface area contributed by atoms with Crippen molar-refractivity contribution in [2.75, 3.05) is 43.4 Å². The number of aromatic nitrogens is 4. The van der Waals surface area contributed by atoms with Crippen LogP contribution in [-0.2, 0) is 13.1 Å². The van der Waals surface area contributed by atoms with E-state index in [1.807, 2.05) is 13.1 Å². The summed E-state index contributed by atoms with van der Waals surface area (Å²) in [6.45, 7) is 11.4. The molecule has 4 rings (SSSR count). The second kappa shape index (κ2) is 7.74. The van der Waals surface area contributed by atoms with Crippen LogP contribution in [0.4, 0.5) is 11.8 Å². The molecule has 3 N–H and O–H groups in total. The molecule has 4 heterocycles. The number of hydrogen-bond acceptors (Lipinski definition) is 7. The van der Waals surface area contributed by atoms with Crippen molar-refractivity contribution in [2.45, 2.75) is 40.3 Å². The van der Waals surface area contributed by atoms with Crippen LogP contribution in [0.5, 0.6) is 0 Å².